The number of carbonyl (C=O) groups excluding carboxylic acids is 1. The number of ether oxygens (including phenoxy) is 1. The minimum atomic E-state index is -0.462. The van der Waals surface area contributed by atoms with Crippen LogP contribution in [0.3, 0.4) is 0 Å². The van der Waals surface area contributed by atoms with Crippen molar-refractivity contribution in [2.75, 3.05) is 0 Å². The van der Waals surface area contributed by atoms with Crippen LogP contribution in [0.4, 0.5) is 0 Å². The zero-order valence-corrected chi connectivity index (χ0v) is 11.4. The average Bonchev–Trinajstić information content (AvgIpc) is 3.17. The molecule has 6 nitrogen and oxygen atoms in total. The molecule has 1 N–H and O–H groups in total. The molecule has 0 aliphatic rings. The molecule has 0 atom stereocenters. The molecule has 106 valence electrons. The van der Waals surface area contributed by atoms with Gasteiger partial charge in [0.15, 0.2) is 6.61 Å². The van der Waals surface area contributed by atoms with Gasteiger partial charge in [0.2, 0.25) is 5.82 Å². The Hall–Kier alpha value is -2.89. The van der Waals surface area contributed by atoms with Crippen LogP contribution >= 0.6 is 0 Å². The summed E-state index contributed by atoms with van der Waals surface area (Å²) < 4.78 is 10.2. The number of hydrogen-bond donors (Lipinski definition) is 1. The summed E-state index contributed by atoms with van der Waals surface area (Å²) in [5.74, 6) is 0.280. The predicted molar refractivity (Wildman–Crippen MR) is 74.4 cm³/mol. The van der Waals surface area contributed by atoms with E-state index in [1.54, 1.807) is 18.3 Å². The van der Waals surface area contributed by atoms with Gasteiger partial charge in [-0.05, 0) is 24.6 Å². The number of benzene rings is 1. The van der Waals surface area contributed by atoms with Gasteiger partial charge in [0, 0.05) is 11.8 Å². The molecule has 0 aliphatic carbocycles. The average molecular weight is 283 g/mol. The van der Waals surface area contributed by atoms with Gasteiger partial charge in [-0.2, -0.15) is 4.98 Å². The number of carbonyl (C=O) groups is 1. The number of rotatable bonds is 4. The Bertz CT molecular complexity index is 747. The lowest BCUT2D eigenvalue weighted by Crippen LogP contribution is -2.05. The summed E-state index contributed by atoms with van der Waals surface area (Å²) in [6.07, 6.45) is 1.65. The van der Waals surface area contributed by atoms with E-state index >= 15 is 0 Å². The minimum Gasteiger partial charge on any atom is -0.451 e. The highest BCUT2D eigenvalue weighted by Gasteiger charge is 2.13. The quantitative estimate of drug-likeness (QED) is 0.744. The van der Waals surface area contributed by atoms with Crippen LogP contribution in [-0.4, -0.2) is 21.1 Å². The number of aromatic amines is 1. The first kappa shape index (κ1) is 13.1. The number of aryl methyl sites for hydroxylation is 1. The Morgan fingerprint density at radius 3 is 2.90 bits per heavy atom. The standard InChI is InChI=1S/C15H13N3O3/c1-10-5-2-3-6-11(10)14-17-13(21-18-14)9-20-15(19)12-7-4-8-16-12/h2-8,16H,9H2,1H3. The normalized spacial score (nSPS) is 10.5. The van der Waals surface area contributed by atoms with E-state index in [2.05, 4.69) is 15.1 Å². The molecule has 3 rings (SSSR count). The van der Waals surface area contributed by atoms with Crippen LogP contribution in [0.2, 0.25) is 0 Å². The van der Waals surface area contributed by atoms with Crippen molar-refractivity contribution in [3.05, 3.63) is 59.7 Å². The largest absolute Gasteiger partial charge is 0.451 e. The lowest BCUT2D eigenvalue weighted by molar-refractivity contribution is 0.0423. The fourth-order valence-electron chi connectivity index (χ4n) is 1.91. The van der Waals surface area contributed by atoms with E-state index in [9.17, 15) is 4.79 Å². The molecule has 0 aliphatic heterocycles. The van der Waals surface area contributed by atoms with Crippen LogP contribution in [-0.2, 0) is 11.3 Å². The molecule has 0 spiro atoms. The van der Waals surface area contributed by atoms with E-state index in [4.69, 9.17) is 9.26 Å². The second-order valence-corrected chi connectivity index (χ2v) is 4.49. The van der Waals surface area contributed by atoms with E-state index in [0.717, 1.165) is 11.1 Å². The van der Waals surface area contributed by atoms with Crippen molar-refractivity contribution in [2.24, 2.45) is 0 Å². The van der Waals surface area contributed by atoms with E-state index in [0.29, 0.717) is 11.5 Å². The number of H-pyrrole nitrogens is 1. The van der Waals surface area contributed by atoms with Gasteiger partial charge in [-0.1, -0.05) is 29.4 Å². The van der Waals surface area contributed by atoms with Crippen LogP contribution in [0.15, 0.2) is 47.1 Å². The Balaban J connectivity index is 1.69. The number of hydrogen-bond acceptors (Lipinski definition) is 5. The van der Waals surface area contributed by atoms with E-state index < -0.39 is 5.97 Å². The summed E-state index contributed by atoms with van der Waals surface area (Å²) >= 11 is 0. The SMILES string of the molecule is Cc1ccccc1-c1noc(COC(=O)c2ccc[nH]2)n1. The van der Waals surface area contributed by atoms with E-state index in [-0.39, 0.29) is 12.5 Å². The number of aromatic nitrogens is 3. The Labute approximate surface area is 120 Å². The molecule has 0 unspecified atom stereocenters. The summed E-state index contributed by atoms with van der Waals surface area (Å²) in [5.41, 5.74) is 2.32. The highest BCUT2D eigenvalue weighted by Crippen LogP contribution is 2.19. The highest BCUT2D eigenvalue weighted by atomic mass is 16.6. The van der Waals surface area contributed by atoms with Crippen LogP contribution in [0.5, 0.6) is 0 Å². The molecule has 0 saturated carbocycles. The van der Waals surface area contributed by atoms with Crippen LogP contribution < -0.4 is 0 Å². The predicted octanol–water partition coefficient (Wildman–Crippen LogP) is 2.73. The summed E-state index contributed by atoms with van der Waals surface area (Å²) in [5, 5.41) is 3.90. The fraction of sp³-hybridized carbons (Fsp3) is 0.133. The molecule has 0 radical (unpaired) electrons. The summed E-state index contributed by atoms with van der Waals surface area (Å²) in [7, 11) is 0. The minimum absolute atomic E-state index is 0.0588. The molecule has 3 aromatic rings. The van der Waals surface area contributed by atoms with Gasteiger partial charge in [-0.15, -0.1) is 0 Å². The number of nitrogens with one attached hydrogen (secondary N) is 1. The van der Waals surface area contributed by atoms with Crippen molar-refractivity contribution in [3.8, 4) is 11.4 Å². The molecular formula is C15H13N3O3. The topological polar surface area (TPSA) is 81.0 Å². The number of nitrogens with zero attached hydrogens (tertiary/aromatic N) is 2. The smallest absolute Gasteiger partial charge is 0.355 e. The van der Waals surface area contributed by atoms with Gasteiger partial charge in [-0.25, -0.2) is 4.79 Å². The van der Waals surface area contributed by atoms with Crippen LogP contribution in [0.1, 0.15) is 21.9 Å². The summed E-state index contributed by atoms with van der Waals surface area (Å²) in [6, 6.07) is 11.1. The first-order valence-electron chi connectivity index (χ1n) is 6.43. The van der Waals surface area contributed by atoms with Gasteiger partial charge in [0.1, 0.15) is 5.69 Å². The molecule has 0 fully saturated rings. The second-order valence-electron chi connectivity index (χ2n) is 4.49. The molecule has 6 heteroatoms. The van der Waals surface area contributed by atoms with Crippen molar-refractivity contribution < 1.29 is 14.1 Å². The first-order valence-corrected chi connectivity index (χ1v) is 6.43. The lowest BCUT2D eigenvalue weighted by atomic mass is 10.1. The molecule has 21 heavy (non-hydrogen) atoms. The maximum atomic E-state index is 11.7. The third-order valence-corrected chi connectivity index (χ3v) is 3.00. The maximum absolute atomic E-state index is 11.7. The van der Waals surface area contributed by atoms with Crippen molar-refractivity contribution in [2.45, 2.75) is 13.5 Å². The van der Waals surface area contributed by atoms with Gasteiger partial charge in [0.05, 0.1) is 0 Å². The van der Waals surface area contributed by atoms with Crippen molar-refractivity contribution in [1.82, 2.24) is 15.1 Å². The highest BCUT2D eigenvalue weighted by molar-refractivity contribution is 5.87. The van der Waals surface area contributed by atoms with Crippen LogP contribution in [0, 0.1) is 6.92 Å². The van der Waals surface area contributed by atoms with Crippen LogP contribution in [0.25, 0.3) is 11.4 Å². The Morgan fingerprint density at radius 1 is 1.29 bits per heavy atom. The first-order chi connectivity index (χ1) is 10.2. The zero-order valence-electron chi connectivity index (χ0n) is 11.4. The zero-order chi connectivity index (χ0) is 14.7. The summed E-state index contributed by atoms with van der Waals surface area (Å²) in [4.78, 5) is 18.7. The molecule has 2 aromatic heterocycles. The third-order valence-electron chi connectivity index (χ3n) is 3.00. The fourth-order valence-corrected chi connectivity index (χ4v) is 1.91. The maximum Gasteiger partial charge on any atom is 0.355 e. The van der Waals surface area contributed by atoms with Crippen molar-refractivity contribution in [1.29, 1.82) is 0 Å². The lowest BCUT2D eigenvalue weighted by Gasteiger charge is -1.99. The monoisotopic (exact) mass is 283 g/mol. The van der Waals surface area contributed by atoms with Gasteiger partial charge >= 0.3 is 5.97 Å². The Kier molecular flexibility index (Phi) is 3.51. The summed E-state index contributed by atoms with van der Waals surface area (Å²) in [6.45, 7) is 1.91. The molecule has 2 heterocycles. The third kappa shape index (κ3) is 2.84. The molecule has 0 saturated heterocycles. The molecule has 0 amide bonds. The van der Waals surface area contributed by atoms with Gasteiger partial charge in [-0.3, -0.25) is 0 Å². The van der Waals surface area contributed by atoms with Gasteiger partial charge in [0.25, 0.3) is 5.89 Å². The van der Waals surface area contributed by atoms with Gasteiger partial charge < -0.3 is 14.2 Å². The van der Waals surface area contributed by atoms with E-state index in [1.807, 2.05) is 31.2 Å². The molecular weight excluding hydrogens is 270 g/mol. The second kappa shape index (κ2) is 5.62. The number of esters is 1. The molecule has 0 bridgehead atoms. The van der Waals surface area contributed by atoms with Crippen molar-refractivity contribution in [3.63, 3.8) is 0 Å². The van der Waals surface area contributed by atoms with E-state index in [1.165, 1.54) is 0 Å². The molecule has 1 aromatic carbocycles. The van der Waals surface area contributed by atoms with Crippen molar-refractivity contribution >= 4 is 5.97 Å². The Morgan fingerprint density at radius 2 is 2.14 bits per heavy atom.